The molecule has 2 aromatic rings. The molecular formula is C11H10N4OS. The molecule has 86 valence electrons. The smallest absolute Gasteiger partial charge is 0.266 e. The van der Waals surface area contributed by atoms with Crippen molar-refractivity contribution in [3.05, 3.63) is 33.1 Å². The molecule has 6 heteroatoms. The lowest BCUT2D eigenvalue weighted by molar-refractivity contribution is 1.13. The molecule has 0 aliphatic heterocycles. The summed E-state index contributed by atoms with van der Waals surface area (Å²) in [5, 5.41) is 14.5. The molecule has 2 rings (SSSR count). The summed E-state index contributed by atoms with van der Waals surface area (Å²) >= 11 is 1.47. The third-order valence-corrected chi connectivity index (χ3v) is 3.21. The van der Waals surface area contributed by atoms with Crippen molar-refractivity contribution in [1.29, 1.82) is 5.26 Å². The van der Waals surface area contributed by atoms with Gasteiger partial charge < -0.3 is 10.3 Å². The number of nitriles is 1. The van der Waals surface area contributed by atoms with E-state index in [4.69, 9.17) is 5.26 Å². The van der Waals surface area contributed by atoms with Crippen LogP contribution in [0.2, 0.25) is 0 Å². The normalized spacial score (nSPS) is 9.94. The van der Waals surface area contributed by atoms with Gasteiger partial charge in [0.2, 0.25) is 0 Å². The zero-order valence-electron chi connectivity index (χ0n) is 9.37. The third-order valence-electron chi connectivity index (χ3n) is 2.35. The first kappa shape index (κ1) is 11.4. The van der Waals surface area contributed by atoms with Crippen LogP contribution in [0.1, 0.15) is 11.3 Å². The van der Waals surface area contributed by atoms with Crippen LogP contribution in [-0.4, -0.2) is 17.0 Å². The number of nitrogens with one attached hydrogen (secondary N) is 2. The molecule has 0 spiro atoms. The number of aryl methyl sites for hydroxylation is 1. The van der Waals surface area contributed by atoms with Crippen LogP contribution in [0.5, 0.6) is 0 Å². The maximum absolute atomic E-state index is 11.4. The zero-order chi connectivity index (χ0) is 12.4. The van der Waals surface area contributed by atoms with Crippen LogP contribution in [0.3, 0.4) is 0 Å². The first-order valence-corrected chi connectivity index (χ1v) is 5.81. The van der Waals surface area contributed by atoms with Gasteiger partial charge in [0.15, 0.2) is 5.13 Å². The van der Waals surface area contributed by atoms with Crippen LogP contribution < -0.4 is 10.9 Å². The van der Waals surface area contributed by atoms with Gasteiger partial charge >= 0.3 is 0 Å². The second-order valence-electron chi connectivity index (χ2n) is 3.45. The van der Waals surface area contributed by atoms with E-state index in [9.17, 15) is 4.79 Å². The lowest BCUT2D eigenvalue weighted by Gasteiger charge is -2.02. The van der Waals surface area contributed by atoms with E-state index in [2.05, 4.69) is 15.3 Å². The second-order valence-corrected chi connectivity index (χ2v) is 4.31. The molecule has 2 aromatic heterocycles. The van der Waals surface area contributed by atoms with Crippen LogP contribution in [0.4, 0.5) is 5.13 Å². The van der Waals surface area contributed by atoms with Crippen LogP contribution in [0.25, 0.3) is 11.3 Å². The van der Waals surface area contributed by atoms with Gasteiger partial charge in [-0.15, -0.1) is 11.3 Å². The van der Waals surface area contributed by atoms with Crippen LogP contribution in [0, 0.1) is 18.3 Å². The van der Waals surface area contributed by atoms with Crippen LogP contribution in [-0.2, 0) is 0 Å². The Kier molecular flexibility index (Phi) is 2.93. The summed E-state index contributed by atoms with van der Waals surface area (Å²) in [4.78, 5) is 18.4. The first-order valence-electron chi connectivity index (χ1n) is 4.93. The van der Waals surface area contributed by atoms with E-state index >= 15 is 0 Å². The Labute approximate surface area is 102 Å². The maximum atomic E-state index is 11.4. The molecule has 0 bridgehead atoms. The molecule has 0 aromatic carbocycles. The molecule has 0 amide bonds. The molecule has 17 heavy (non-hydrogen) atoms. The van der Waals surface area contributed by atoms with Crippen molar-refractivity contribution in [3.8, 4) is 17.3 Å². The van der Waals surface area contributed by atoms with Crippen LogP contribution >= 0.6 is 11.3 Å². The SMILES string of the molecule is CNc1nc(-c2cc(C#N)c(=O)[nH]c2C)cs1. The third kappa shape index (κ3) is 2.05. The van der Waals surface area contributed by atoms with Gasteiger partial charge in [0, 0.05) is 23.7 Å². The van der Waals surface area contributed by atoms with Gasteiger partial charge in [-0.05, 0) is 13.0 Å². The van der Waals surface area contributed by atoms with Gasteiger partial charge in [-0.1, -0.05) is 0 Å². The monoisotopic (exact) mass is 246 g/mol. The van der Waals surface area contributed by atoms with E-state index in [0.29, 0.717) is 5.69 Å². The lowest BCUT2D eigenvalue weighted by Crippen LogP contribution is -2.12. The number of nitrogens with zero attached hydrogens (tertiary/aromatic N) is 2. The maximum Gasteiger partial charge on any atom is 0.266 e. The fraction of sp³-hybridized carbons (Fsp3) is 0.182. The standard InChI is InChI=1S/C11H10N4OS/c1-6-8(3-7(4-12)10(16)14-6)9-5-17-11(13-2)15-9/h3,5H,1-2H3,(H,13,15)(H,14,16). The zero-order valence-corrected chi connectivity index (χ0v) is 10.2. The highest BCUT2D eigenvalue weighted by Gasteiger charge is 2.10. The summed E-state index contributed by atoms with van der Waals surface area (Å²) in [6.07, 6.45) is 0. The Morgan fingerprint density at radius 3 is 2.94 bits per heavy atom. The summed E-state index contributed by atoms with van der Waals surface area (Å²) < 4.78 is 0. The Hall–Kier alpha value is -2.13. The summed E-state index contributed by atoms with van der Waals surface area (Å²) in [7, 11) is 1.79. The number of hydrogen-bond acceptors (Lipinski definition) is 5. The van der Waals surface area contributed by atoms with E-state index < -0.39 is 0 Å². The van der Waals surface area contributed by atoms with Gasteiger partial charge in [0.25, 0.3) is 5.56 Å². The Morgan fingerprint density at radius 2 is 2.35 bits per heavy atom. The Balaban J connectivity index is 2.59. The molecule has 5 nitrogen and oxygen atoms in total. The second kappa shape index (κ2) is 4.39. The quantitative estimate of drug-likeness (QED) is 0.845. The minimum atomic E-state index is -0.363. The topological polar surface area (TPSA) is 81.6 Å². The Bertz CT molecular complexity index is 650. The number of rotatable bonds is 2. The molecule has 0 fully saturated rings. The highest BCUT2D eigenvalue weighted by atomic mass is 32.1. The van der Waals surface area contributed by atoms with Crippen molar-refractivity contribution in [2.75, 3.05) is 12.4 Å². The Morgan fingerprint density at radius 1 is 1.59 bits per heavy atom. The number of H-pyrrole nitrogens is 1. The average molecular weight is 246 g/mol. The average Bonchev–Trinajstić information content (AvgIpc) is 2.78. The van der Waals surface area contributed by atoms with E-state index in [-0.39, 0.29) is 11.1 Å². The van der Waals surface area contributed by atoms with Crippen molar-refractivity contribution in [2.24, 2.45) is 0 Å². The number of pyridine rings is 1. The summed E-state index contributed by atoms with van der Waals surface area (Å²) in [6, 6.07) is 3.44. The van der Waals surface area contributed by atoms with Crippen molar-refractivity contribution in [1.82, 2.24) is 9.97 Å². The molecule has 2 heterocycles. The lowest BCUT2D eigenvalue weighted by atomic mass is 10.1. The van der Waals surface area contributed by atoms with E-state index in [1.165, 1.54) is 11.3 Å². The van der Waals surface area contributed by atoms with Crippen molar-refractivity contribution < 1.29 is 0 Å². The summed E-state index contributed by atoms with van der Waals surface area (Å²) in [6.45, 7) is 1.79. The highest BCUT2D eigenvalue weighted by Crippen LogP contribution is 2.26. The fourth-order valence-corrected chi connectivity index (χ4v) is 2.16. The summed E-state index contributed by atoms with van der Waals surface area (Å²) in [5.74, 6) is 0. The molecule has 0 atom stereocenters. The van der Waals surface area contributed by atoms with E-state index in [0.717, 1.165) is 16.4 Å². The molecule has 0 saturated carbocycles. The van der Waals surface area contributed by atoms with Crippen LogP contribution in [0.15, 0.2) is 16.2 Å². The number of aromatic amines is 1. The van der Waals surface area contributed by atoms with Gasteiger partial charge in [-0.3, -0.25) is 4.79 Å². The van der Waals surface area contributed by atoms with Gasteiger partial charge in [0.05, 0.1) is 5.69 Å². The van der Waals surface area contributed by atoms with Gasteiger partial charge in [-0.25, -0.2) is 4.98 Å². The molecular weight excluding hydrogens is 236 g/mol. The summed E-state index contributed by atoms with van der Waals surface area (Å²) in [5.41, 5.74) is 1.98. The minimum absolute atomic E-state index is 0.101. The molecule has 2 N–H and O–H groups in total. The number of thiazole rings is 1. The van der Waals surface area contributed by atoms with Crippen molar-refractivity contribution in [2.45, 2.75) is 6.92 Å². The minimum Gasteiger partial charge on any atom is -0.365 e. The predicted octanol–water partition coefficient (Wildman–Crippen LogP) is 1.72. The number of anilines is 1. The predicted molar refractivity (Wildman–Crippen MR) is 67.2 cm³/mol. The van der Waals surface area contributed by atoms with Gasteiger partial charge in [0.1, 0.15) is 11.6 Å². The molecule has 0 aliphatic rings. The molecule has 0 radical (unpaired) electrons. The van der Waals surface area contributed by atoms with Crippen molar-refractivity contribution in [3.63, 3.8) is 0 Å². The fourth-order valence-electron chi connectivity index (χ4n) is 1.48. The largest absolute Gasteiger partial charge is 0.365 e. The van der Waals surface area contributed by atoms with Crippen molar-refractivity contribution >= 4 is 16.5 Å². The van der Waals surface area contributed by atoms with E-state index in [1.807, 2.05) is 11.4 Å². The number of hydrogen-bond donors (Lipinski definition) is 2. The molecule has 0 unspecified atom stereocenters. The van der Waals surface area contributed by atoms with Gasteiger partial charge in [-0.2, -0.15) is 5.26 Å². The van der Waals surface area contributed by atoms with E-state index in [1.54, 1.807) is 20.0 Å². The molecule has 0 saturated heterocycles. The molecule has 0 aliphatic carbocycles. The number of aromatic nitrogens is 2. The highest BCUT2D eigenvalue weighted by molar-refractivity contribution is 7.14. The first-order chi connectivity index (χ1) is 8.15.